The van der Waals surface area contributed by atoms with E-state index in [2.05, 4.69) is 15.4 Å². The van der Waals surface area contributed by atoms with Gasteiger partial charge in [0.1, 0.15) is 0 Å². The molecule has 1 aliphatic carbocycles. The average Bonchev–Trinajstić information content (AvgIpc) is 3.38. The monoisotopic (exact) mass is 435 g/mol. The number of thioether (sulfide) groups is 1. The van der Waals surface area contributed by atoms with Crippen molar-refractivity contribution in [3.05, 3.63) is 68.4 Å². The third-order valence-electron chi connectivity index (χ3n) is 5.73. The van der Waals surface area contributed by atoms with Gasteiger partial charge in [0.25, 0.3) is 11.1 Å². The van der Waals surface area contributed by atoms with Gasteiger partial charge in [0, 0.05) is 36.4 Å². The van der Waals surface area contributed by atoms with Crippen LogP contribution in [0, 0.1) is 0 Å². The Balaban J connectivity index is 1.38. The number of amides is 1. The molecule has 1 atom stereocenters. The van der Waals surface area contributed by atoms with Crippen molar-refractivity contribution in [3.8, 4) is 11.3 Å². The van der Waals surface area contributed by atoms with Crippen molar-refractivity contribution < 1.29 is 4.79 Å². The number of benzene rings is 1. The second-order valence-electron chi connectivity index (χ2n) is 7.79. The summed E-state index contributed by atoms with van der Waals surface area (Å²) in [5, 5.41) is 7.97. The summed E-state index contributed by atoms with van der Waals surface area (Å²) in [4.78, 5) is 42.2. The SMILES string of the molecule is Cn1nc(-c2ccccc2NC(=O)C[C@H]2CSc3nc4c(c(=O)n32)CCC4)ccc1=O. The number of anilines is 1. The maximum absolute atomic E-state index is 12.9. The number of nitrogens with one attached hydrogen (secondary N) is 1. The minimum atomic E-state index is -0.214. The number of hydrogen-bond acceptors (Lipinski definition) is 6. The van der Waals surface area contributed by atoms with Gasteiger partial charge in [-0.05, 0) is 31.4 Å². The van der Waals surface area contributed by atoms with Crippen LogP contribution in [0.1, 0.15) is 30.1 Å². The first kappa shape index (κ1) is 19.7. The Morgan fingerprint density at radius 1 is 1.19 bits per heavy atom. The van der Waals surface area contributed by atoms with Gasteiger partial charge in [-0.3, -0.25) is 19.0 Å². The molecule has 8 nitrogen and oxygen atoms in total. The molecule has 1 aliphatic heterocycles. The van der Waals surface area contributed by atoms with Crippen molar-refractivity contribution in [2.45, 2.75) is 36.9 Å². The molecule has 31 heavy (non-hydrogen) atoms. The van der Waals surface area contributed by atoms with Gasteiger partial charge in [0.15, 0.2) is 5.16 Å². The Morgan fingerprint density at radius 2 is 2.03 bits per heavy atom. The quantitative estimate of drug-likeness (QED) is 0.631. The van der Waals surface area contributed by atoms with Crippen LogP contribution in [-0.2, 0) is 24.7 Å². The average molecular weight is 436 g/mol. The molecule has 0 bridgehead atoms. The summed E-state index contributed by atoms with van der Waals surface area (Å²) in [6.07, 6.45) is 2.78. The van der Waals surface area contributed by atoms with Gasteiger partial charge in [-0.25, -0.2) is 9.67 Å². The van der Waals surface area contributed by atoms with E-state index in [4.69, 9.17) is 0 Å². The molecule has 158 valence electrons. The van der Waals surface area contributed by atoms with Crippen molar-refractivity contribution in [1.82, 2.24) is 19.3 Å². The molecule has 0 saturated carbocycles. The summed E-state index contributed by atoms with van der Waals surface area (Å²) in [5.41, 5.74) is 3.47. The van der Waals surface area contributed by atoms with Crippen molar-refractivity contribution in [3.63, 3.8) is 0 Å². The van der Waals surface area contributed by atoms with E-state index < -0.39 is 0 Å². The van der Waals surface area contributed by atoms with E-state index in [0.717, 1.165) is 41.2 Å². The second-order valence-corrected chi connectivity index (χ2v) is 8.78. The molecular formula is C22H21N5O3S. The fourth-order valence-corrected chi connectivity index (χ4v) is 5.33. The normalized spacial score (nSPS) is 16.7. The van der Waals surface area contributed by atoms with E-state index in [0.29, 0.717) is 17.1 Å². The largest absolute Gasteiger partial charge is 0.325 e. The Kier molecular flexibility index (Phi) is 4.97. The highest BCUT2D eigenvalue weighted by Gasteiger charge is 2.31. The Bertz CT molecular complexity index is 1310. The second kappa shape index (κ2) is 7.81. The summed E-state index contributed by atoms with van der Waals surface area (Å²) < 4.78 is 2.97. The summed E-state index contributed by atoms with van der Waals surface area (Å²) >= 11 is 1.54. The van der Waals surface area contributed by atoms with E-state index in [1.165, 1.54) is 22.5 Å². The fraction of sp³-hybridized carbons (Fsp3) is 0.318. The zero-order chi connectivity index (χ0) is 21.5. The maximum atomic E-state index is 12.9. The van der Waals surface area contributed by atoms with Crippen LogP contribution in [0.2, 0.25) is 0 Å². The Labute approximate surface area is 182 Å². The molecule has 0 spiro atoms. The standard InChI is InChI=1S/C22H21N5O3S/c1-26-20(29)10-9-18(25-26)14-5-2-3-7-16(14)23-19(28)11-13-12-31-22-24-17-8-4-6-15(17)21(30)27(13)22/h2-3,5,7,9-10,13H,4,6,8,11-12H2,1H3,(H,23,28)/t13-/m0/s1. The number of carbonyl (C=O) groups is 1. The maximum Gasteiger partial charge on any atom is 0.266 e. The van der Waals surface area contributed by atoms with Gasteiger partial charge in [0.05, 0.1) is 23.1 Å². The molecule has 1 amide bonds. The molecular weight excluding hydrogens is 414 g/mol. The molecule has 2 aromatic heterocycles. The molecule has 0 saturated heterocycles. The first-order valence-electron chi connectivity index (χ1n) is 10.2. The topological polar surface area (TPSA) is 98.9 Å². The molecule has 0 radical (unpaired) electrons. The van der Waals surface area contributed by atoms with Crippen LogP contribution in [0.4, 0.5) is 5.69 Å². The summed E-state index contributed by atoms with van der Waals surface area (Å²) in [6.45, 7) is 0. The van der Waals surface area contributed by atoms with E-state index in [1.807, 2.05) is 18.2 Å². The molecule has 1 N–H and O–H groups in total. The number of aryl methyl sites for hydroxylation is 2. The van der Waals surface area contributed by atoms with Crippen LogP contribution >= 0.6 is 11.8 Å². The lowest BCUT2D eigenvalue weighted by atomic mass is 10.1. The fourth-order valence-electron chi connectivity index (χ4n) is 4.18. The van der Waals surface area contributed by atoms with Gasteiger partial charge in [-0.2, -0.15) is 5.10 Å². The van der Waals surface area contributed by atoms with Crippen LogP contribution in [0.5, 0.6) is 0 Å². The Morgan fingerprint density at radius 3 is 2.87 bits per heavy atom. The highest BCUT2D eigenvalue weighted by Crippen LogP contribution is 2.34. The molecule has 0 fully saturated rings. The van der Waals surface area contributed by atoms with Gasteiger partial charge in [-0.1, -0.05) is 30.0 Å². The third-order valence-corrected chi connectivity index (χ3v) is 6.83. The Hall–Kier alpha value is -3.20. The van der Waals surface area contributed by atoms with Crippen LogP contribution < -0.4 is 16.4 Å². The van der Waals surface area contributed by atoms with Crippen molar-refractivity contribution in [2.24, 2.45) is 7.05 Å². The predicted octanol–water partition coefficient (Wildman–Crippen LogP) is 2.17. The molecule has 3 aromatic rings. The molecule has 3 heterocycles. The smallest absolute Gasteiger partial charge is 0.266 e. The summed E-state index contributed by atoms with van der Waals surface area (Å²) in [6, 6.07) is 10.2. The lowest BCUT2D eigenvalue weighted by molar-refractivity contribution is -0.116. The number of nitrogens with zero attached hydrogens (tertiary/aromatic N) is 4. The zero-order valence-corrected chi connectivity index (χ0v) is 17.8. The van der Waals surface area contributed by atoms with Crippen molar-refractivity contribution in [1.29, 1.82) is 0 Å². The van der Waals surface area contributed by atoms with E-state index in [1.54, 1.807) is 23.7 Å². The minimum Gasteiger partial charge on any atom is -0.325 e. The predicted molar refractivity (Wildman–Crippen MR) is 118 cm³/mol. The third kappa shape index (κ3) is 3.59. The van der Waals surface area contributed by atoms with E-state index >= 15 is 0 Å². The molecule has 5 rings (SSSR count). The van der Waals surface area contributed by atoms with Gasteiger partial charge in [0.2, 0.25) is 5.91 Å². The minimum absolute atomic E-state index is 0.00935. The van der Waals surface area contributed by atoms with E-state index in [-0.39, 0.29) is 29.5 Å². The van der Waals surface area contributed by atoms with Crippen molar-refractivity contribution in [2.75, 3.05) is 11.1 Å². The summed E-state index contributed by atoms with van der Waals surface area (Å²) in [7, 11) is 1.59. The van der Waals surface area contributed by atoms with Crippen LogP contribution in [0.15, 0.2) is 51.1 Å². The molecule has 2 aliphatic rings. The molecule has 1 aromatic carbocycles. The molecule has 9 heteroatoms. The van der Waals surface area contributed by atoms with Gasteiger partial charge in [-0.15, -0.1) is 0 Å². The number of aromatic nitrogens is 4. The lowest BCUT2D eigenvalue weighted by Crippen LogP contribution is -2.30. The number of hydrogen-bond donors (Lipinski definition) is 1. The first-order chi connectivity index (χ1) is 15.0. The van der Waals surface area contributed by atoms with Gasteiger partial charge >= 0.3 is 0 Å². The first-order valence-corrected chi connectivity index (χ1v) is 11.2. The highest BCUT2D eigenvalue weighted by atomic mass is 32.2. The number of fused-ring (bicyclic) bond motifs is 2. The number of carbonyl (C=O) groups excluding carboxylic acids is 1. The van der Waals surface area contributed by atoms with Crippen LogP contribution in [-0.4, -0.2) is 31.0 Å². The lowest BCUT2D eigenvalue weighted by Gasteiger charge is -2.16. The summed E-state index contributed by atoms with van der Waals surface area (Å²) in [5.74, 6) is 0.478. The number of para-hydroxylation sites is 1. The van der Waals surface area contributed by atoms with Crippen LogP contribution in [0.25, 0.3) is 11.3 Å². The highest BCUT2D eigenvalue weighted by molar-refractivity contribution is 7.99. The van der Waals surface area contributed by atoms with Crippen molar-refractivity contribution >= 4 is 23.4 Å². The molecule has 0 unspecified atom stereocenters. The number of rotatable bonds is 4. The van der Waals surface area contributed by atoms with Gasteiger partial charge < -0.3 is 5.32 Å². The zero-order valence-electron chi connectivity index (χ0n) is 17.0. The van der Waals surface area contributed by atoms with Crippen LogP contribution in [0.3, 0.4) is 0 Å². The van der Waals surface area contributed by atoms with E-state index in [9.17, 15) is 14.4 Å².